The number of anilines is 1. The fourth-order valence-electron chi connectivity index (χ4n) is 3.24. The van der Waals surface area contributed by atoms with Gasteiger partial charge in [0.15, 0.2) is 0 Å². The first-order valence-electron chi connectivity index (χ1n) is 9.13. The summed E-state index contributed by atoms with van der Waals surface area (Å²) in [6, 6.07) is 16.7. The van der Waals surface area contributed by atoms with E-state index < -0.39 is 0 Å². The summed E-state index contributed by atoms with van der Waals surface area (Å²) in [4.78, 5) is 5.94. The first-order valence-corrected chi connectivity index (χ1v) is 10.1. The Morgan fingerprint density at radius 3 is 2.42 bits per heavy atom. The molecular formula is C21H28N2O2S. The van der Waals surface area contributed by atoms with Gasteiger partial charge in [-0.1, -0.05) is 29.8 Å². The lowest BCUT2D eigenvalue weighted by molar-refractivity contribution is 0.126. The largest absolute Gasteiger partial charge is 0.495 e. The molecule has 0 aliphatic carbocycles. The summed E-state index contributed by atoms with van der Waals surface area (Å²) in [6.45, 7) is 6.66. The summed E-state index contributed by atoms with van der Waals surface area (Å²) in [5.74, 6) is 1.66. The number of hydrogen-bond acceptors (Lipinski definition) is 5. The molecule has 26 heavy (non-hydrogen) atoms. The second-order valence-corrected chi connectivity index (χ2v) is 7.83. The van der Waals surface area contributed by atoms with E-state index in [1.165, 1.54) is 10.5 Å². The maximum absolute atomic E-state index is 10.4. The van der Waals surface area contributed by atoms with Crippen molar-refractivity contribution >= 4 is 17.4 Å². The predicted octanol–water partition coefficient (Wildman–Crippen LogP) is 3.28. The van der Waals surface area contributed by atoms with Crippen LogP contribution in [0.5, 0.6) is 5.75 Å². The number of hydrogen-bond donors (Lipinski definition) is 1. The molecule has 0 saturated carbocycles. The maximum atomic E-state index is 10.4. The van der Waals surface area contributed by atoms with Crippen molar-refractivity contribution in [2.45, 2.75) is 17.9 Å². The molecule has 1 aliphatic heterocycles. The highest BCUT2D eigenvalue weighted by molar-refractivity contribution is 7.99. The van der Waals surface area contributed by atoms with Gasteiger partial charge in [-0.05, 0) is 31.2 Å². The zero-order valence-corrected chi connectivity index (χ0v) is 16.4. The van der Waals surface area contributed by atoms with E-state index in [-0.39, 0.29) is 6.10 Å². The molecule has 4 nitrogen and oxygen atoms in total. The van der Waals surface area contributed by atoms with E-state index >= 15 is 0 Å². The van der Waals surface area contributed by atoms with Crippen LogP contribution in [0, 0.1) is 6.92 Å². The van der Waals surface area contributed by atoms with Crippen molar-refractivity contribution in [1.29, 1.82) is 0 Å². The maximum Gasteiger partial charge on any atom is 0.142 e. The average molecular weight is 373 g/mol. The lowest BCUT2D eigenvalue weighted by Gasteiger charge is -2.37. The van der Waals surface area contributed by atoms with Crippen LogP contribution in [0.15, 0.2) is 53.4 Å². The van der Waals surface area contributed by atoms with Crippen LogP contribution in [0.25, 0.3) is 0 Å². The molecule has 0 aromatic heterocycles. The molecule has 0 bridgehead atoms. The molecule has 1 aliphatic rings. The summed E-state index contributed by atoms with van der Waals surface area (Å²) < 4.78 is 5.47. The third kappa shape index (κ3) is 5.16. The van der Waals surface area contributed by atoms with Crippen LogP contribution in [0.2, 0.25) is 0 Å². The molecule has 1 heterocycles. The van der Waals surface area contributed by atoms with Crippen LogP contribution in [0.3, 0.4) is 0 Å². The number of aryl methyl sites for hydroxylation is 1. The lowest BCUT2D eigenvalue weighted by Crippen LogP contribution is -2.49. The fraction of sp³-hybridized carbons (Fsp3) is 0.429. The number of para-hydroxylation sites is 2. The predicted molar refractivity (Wildman–Crippen MR) is 110 cm³/mol. The molecule has 2 aromatic rings. The molecule has 2 aromatic carbocycles. The number of methoxy groups -OCH3 is 1. The Kier molecular flexibility index (Phi) is 6.83. The van der Waals surface area contributed by atoms with E-state index in [1.54, 1.807) is 18.9 Å². The summed E-state index contributed by atoms with van der Waals surface area (Å²) in [5.41, 5.74) is 2.42. The highest BCUT2D eigenvalue weighted by atomic mass is 32.2. The van der Waals surface area contributed by atoms with Gasteiger partial charge >= 0.3 is 0 Å². The van der Waals surface area contributed by atoms with Gasteiger partial charge in [0.05, 0.1) is 18.9 Å². The van der Waals surface area contributed by atoms with E-state index in [9.17, 15) is 5.11 Å². The minimum atomic E-state index is -0.306. The van der Waals surface area contributed by atoms with Crippen molar-refractivity contribution in [2.24, 2.45) is 0 Å². The minimum absolute atomic E-state index is 0.306. The molecule has 1 saturated heterocycles. The highest BCUT2D eigenvalue weighted by Gasteiger charge is 2.21. The summed E-state index contributed by atoms with van der Waals surface area (Å²) in [7, 11) is 1.72. The number of benzene rings is 2. The van der Waals surface area contributed by atoms with Gasteiger partial charge in [-0.25, -0.2) is 0 Å². The Bertz CT molecular complexity index is 685. The number of aliphatic hydroxyl groups excluding tert-OH is 1. The SMILES string of the molecule is COc1ccccc1N1CCN(CC(O)CSc2ccc(C)cc2)CC1. The Hall–Kier alpha value is -1.69. The van der Waals surface area contributed by atoms with Gasteiger partial charge in [0.25, 0.3) is 0 Å². The van der Waals surface area contributed by atoms with Crippen LogP contribution >= 0.6 is 11.8 Å². The zero-order chi connectivity index (χ0) is 18.4. The van der Waals surface area contributed by atoms with Crippen molar-refractivity contribution < 1.29 is 9.84 Å². The van der Waals surface area contributed by atoms with E-state index in [0.29, 0.717) is 0 Å². The van der Waals surface area contributed by atoms with Crippen LogP contribution < -0.4 is 9.64 Å². The van der Waals surface area contributed by atoms with E-state index in [0.717, 1.165) is 49.9 Å². The van der Waals surface area contributed by atoms with Crippen LogP contribution in [-0.2, 0) is 0 Å². The normalized spacial score (nSPS) is 16.5. The monoisotopic (exact) mass is 372 g/mol. The van der Waals surface area contributed by atoms with Crippen LogP contribution in [0.1, 0.15) is 5.56 Å². The number of nitrogens with zero attached hydrogens (tertiary/aromatic N) is 2. The smallest absolute Gasteiger partial charge is 0.142 e. The topological polar surface area (TPSA) is 35.9 Å². The standard InChI is InChI=1S/C21H28N2O2S/c1-17-7-9-19(10-8-17)26-16-18(24)15-22-11-13-23(14-12-22)20-5-3-4-6-21(20)25-2/h3-10,18,24H,11-16H2,1-2H3. The van der Waals surface area contributed by atoms with Gasteiger partial charge in [0.1, 0.15) is 5.75 Å². The van der Waals surface area contributed by atoms with E-state index in [1.807, 2.05) is 12.1 Å². The van der Waals surface area contributed by atoms with Crippen molar-refractivity contribution in [2.75, 3.05) is 50.5 Å². The zero-order valence-electron chi connectivity index (χ0n) is 15.6. The Labute approximate surface area is 160 Å². The van der Waals surface area contributed by atoms with Crippen molar-refractivity contribution in [1.82, 2.24) is 4.90 Å². The number of aliphatic hydroxyl groups is 1. The van der Waals surface area contributed by atoms with Gasteiger partial charge in [0.2, 0.25) is 0 Å². The van der Waals surface area contributed by atoms with Gasteiger partial charge in [-0.3, -0.25) is 4.90 Å². The first-order chi connectivity index (χ1) is 12.7. The molecule has 140 valence electrons. The second-order valence-electron chi connectivity index (χ2n) is 6.74. The number of β-amino-alcohol motifs (C(OH)–C–C–N with tert-alkyl or cyclic N) is 1. The third-order valence-corrected chi connectivity index (χ3v) is 5.89. The van der Waals surface area contributed by atoms with Crippen molar-refractivity contribution in [3.05, 3.63) is 54.1 Å². The van der Waals surface area contributed by atoms with Crippen LogP contribution in [0.4, 0.5) is 5.69 Å². The first kappa shape index (κ1) is 19.1. The average Bonchev–Trinajstić information content (AvgIpc) is 2.68. The lowest BCUT2D eigenvalue weighted by atomic mass is 10.2. The summed E-state index contributed by atoms with van der Waals surface area (Å²) >= 11 is 1.72. The molecule has 3 rings (SSSR count). The molecule has 0 amide bonds. The molecule has 1 unspecified atom stereocenters. The Balaban J connectivity index is 1.44. The number of rotatable bonds is 7. The number of piperazine rings is 1. The fourth-order valence-corrected chi connectivity index (χ4v) is 4.06. The van der Waals surface area contributed by atoms with E-state index in [2.05, 4.69) is 53.1 Å². The molecule has 1 atom stereocenters. The van der Waals surface area contributed by atoms with Gasteiger partial charge in [-0.15, -0.1) is 11.8 Å². The molecule has 0 spiro atoms. The van der Waals surface area contributed by atoms with Crippen molar-refractivity contribution in [3.8, 4) is 5.75 Å². The highest BCUT2D eigenvalue weighted by Crippen LogP contribution is 2.28. The Morgan fingerprint density at radius 2 is 1.73 bits per heavy atom. The van der Waals surface area contributed by atoms with Gasteiger partial charge < -0.3 is 14.7 Å². The van der Waals surface area contributed by atoms with Crippen molar-refractivity contribution in [3.63, 3.8) is 0 Å². The molecule has 1 N–H and O–H groups in total. The summed E-state index contributed by atoms with van der Waals surface area (Å²) in [5, 5.41) is 10.4. The van der Waals surface area contributed by atoms with Gasteiger partial charge in [-0.2, -0.15) is 0 Å². The van der Waals surface area contributed by atoms with Gasteiger partial charge in [0, 0.05) is 43.4 Å². The number of ether oxygens (including phenoxy) is 1. The summed E-state index contributed by atoms with van der Waals surface area (Å²) in [6.07, 6.45) is -0.306. The molecule has 5 heteroatoms. The molecule has 0 radical (unpaired) electrons. The van der Waals surface area contributed by atoms with Crippen LogP contribution in [-0.4, -0.2) is 61.7 Å². The second kappa shape index (κ2) is 9.31. The Morgan fingerprint density at radius 1 is 1.04 bits per heavy atom. The van der Waals surface area contributed by atoms with E-state index in [4.69, 9.17) is 4.74 Å². The molecule has 1 fully saturated rings. The third-order valence-electron chi connectivity index (χ3n) is 4.73. The molecular weight excluding hydrogens is 344 g/mol. The number of thioether (sulfide) groups is 1. The minimum Gasteiger partial charge on any atom is -0.495 e. The quantitative estimate of drug-likeness (QED) is 0.755.